The molecule has 0 unspecified atom stereocenters. The van der Waals surface area contributed by atoms with Crippen LogP contribution in [0.4, 0.5) is 0 Å². The van der Waals surface area contributed by atoms with Crippen LogP contribution in [0.1, 0.15) is 18.3 Å². The zero-order valence-electron chi connectivity index (χ0n) is 19.3. The van der Waals surface area contributed by atoms with Gasteiger partial charge in [-0.2, -0.15) is 5.10 Å². The molecule has 0 N–H and O–H groups in total. The molecule has 0 saturated heterocycles. The average molecular weight is 458 g/mol. The SMILES string of the molecule is CCn1cc(-c2ccnc(Cc3ccc(-c4cn5ccccc5n4)cc3)n2)c(-c2cccnc2)n1. The van der Waals surface area contributed by atoms with E-state index in [0.29, 0.717) is 6.42 Å². The monoisotopic (exact) mass is 457 g/mol. The van der Waals surface area contributed by atoms with Gasteiger partial charge in [0.05, 0.1) is 11.4 Å². The van der Waals surface area contributed by atoms with Crippen molar-refractivity contribution < 1.29 is 0 Å². The molecule has 0 aliphatic rings. The lowest BCUT2D eigenvalue weighted by atomic mass is 10.1. The first kappa shape index (κ1) is 20.9. The van der Waals surface area contributed by atoms with Gasteiger partial charge in [-0.1, -0.05) is 30.3 Å². The summed E-state index contributed by atoms with van der Waals surface area (Å²) in [6.45, 7) is 2.86. The summed E-state index contributed by atoms with van der Waals surface area (Å²) in [6.07, 6.45) is 12.2. The lowest BCUT2D eigenvalue weighted by molar-refractivity contribution is 0.662. The van der Waals surface area contributed by atoms with E-state index in [-0.39, 0.29) is 0 Å². The topological polar surface area (TPSA) is 73.8 Å². The van der Waals surface area contributed by atoms with Crippen molar-refractivity contribution in [3.63, 3.8) is 0 Å². The van der Waals surface area contributed by atoms with Crippen LogP contribution in [0.5, 0.6) is 0 Å². The first-order chi connectivity index (χ1) is 17.3. The molecule has 1 aromatic carbocycles. The predicted molar refractivity (Wildman–Crippen MR) is 136 cm³/mol. The van der Waals surface area contributed by atoms with E-state index >= 15 is 0 Å². The van der Waals surface area contributed by atoms with Crippen LogP contribution in [0.3, 0.4) is 0 Å². The molecule has 0 aliphatic carbocycles. The fourth-order valence-corrected chi connectivity index (χ4v) is 4.17. The number of nitrogens with zero attached hydrogens (tertiary/aromatic N) is 7. The number of rotatable bonds is 6. The second-order valence-electron chi connectivity index (χ2n) is 8.31. The average Bonchev–Trinajstić information content (AvgIpc) is 3.55. The first-order valence-corrected chi connectivity index (χ1v) is 11.6. The van der Waals surface area contributed by atoms with E-state index < -0.39 is 0 Å². The van der Waals surface area contributed by atoms with E-state index in [2.05, 4.69) is 41.2 Å². The normalized spacial score (nSPS) is 11.2. The van der Waals surface area contributed by atoms with E-state index in [1.165, 1.54) is 0 Å². The Kier molecular flexibility index (Phi) is 5.35. The Labute approximate surface area is 202 Å². The van der Waals surface area contributed by atoms with Gasteiger partial charge in [-0.25, -0.2) is 15.0 Å². The second-order valence-corrected chi connectivity index (χ2v) is 8.31. The second kappa shape index (κ2) is 8.95. The van der Waals surface area contributed by atoms with Crippen molar-refractivity contribution in [2.24, 2.45) is 0 Å². The van der Waals surface area contributed by atoms with Gasteiger partial charge in [0.2, 0.25) is 0 Å². The van der Waals surface area contributed by atoms with E-state index in [1.807, 2.05) is 76.5 Å². The zero-order valence-corrected chi connectivity index (χ0v) is 19.3. The number of imidazole rings is 1. The van der Waals surface area contributed by atoms with Gasteiger partial charge in [-0.05, 0) is 42.8 Å². The van der Waals surface area contributed by atoms with Crippen molar-refractivity contribution in [3.05, 3.63) is 109 Å². The Balaban J connectivity index is 1.27. The van der Waals surface area contributed by atoms with Crippen LogP contribution >= 0.6 is 0 Å². The molecule has 5 aromatic heterocycles. The van der Waals surface area contributed by atoms with Gasteiger partial charge in [-0.15, -0.1) is 0 Å². The third-order valence-corrected chi connectivity index (χ3v) is 5.98. The minimum absolute atomic E-state index is 0.642. The number of pyridine rings is 2. The molecular formula is C28H23N7. The molecular weight excluding hydrogens is 434 g/mol. The van der Waals surface area contributed by atoms with Crippen molar-refractivity contribution in [1.82, 2.24) is 34.1 Å². The maximum absolute atomic E-state index is 4.88. The fraction of sp³-hybridized carbons (Fsp3) is 0.107. The molecule has 35 heavy (non-hydrogen) atoms. The van der Waals surface area contributed by atoms with Crippen LogP contribution in [0.25, 0.3) is 39.4 Å². The highest BCUT2D eigenvalue weighted by atomic mass is 15.3. The van der Waals surface area contributed by atoms with Gasteiger partial charge in [0.25, 0.3) is 0 Å². The molecule has 0 saturated carbocycles. The number of aryl methyl sites for hydroxylation is 1. The molecule has 0 bridgehead atoms. The largest absolute Gasteiger partial charge is 0.306 e. The molecule has 5 heterocycles. The Morgan fingerprint density at radius 2 is 1.71 bits per heavy atom. The first-order valence-electron chi connectivity index (χ1n) is 11.6. The van der Waals surface area contributed by atoms with E-state index in [0.717, 1.165) is 57.4 Å². The van der Waals surface area contributed by atoms with Gasteiger partial charge in [-0.3, -0.25) is 9.67 Å². The summed E-state index contributed by atoms with van der Waals surface area (Å²) in [6, 6.07) is 20.3. The molecule has 7 heteroatoms. The van der Waals surface area contributed by atoms with Crippen molar-refractivity contribution in [2.75, 3.05) is 0 Å². The van der Waals surface area contributed by atoms with Gasteiger partial charge >= 0.3 is 0 Å². The maximum atomic E-state index is 4.88. The number of hydrogen-bond acceptors (Lipinski definition) is 5. The van der Waals surface area contributed by atoms with Gasteiger partial charge < -0.3 is 4.40 Å². The van der Waals surface area contributed by atoms with Crippen LogP contribution in [0, 0.1) is 0 Å². The summed E-state index contributed by atoms with van der Waals surface area (Å²) in [5.41, 5.74) is 7.80. The number of benzene rings is 1. The number of hydrogen-bond donors (Lipinski definition) is 0. The van der Waals surface area contributed by atoms with E-state index in [9.17, 15) is 0 Å². The van der Waals surface area contributed by atoms with Crippen molar-refractivity contribution in [1.29, 1.82) is 0 Å². The van der Waals surface area contributed by atoms with Crippen LogP contribution in [0.15, 0.2) is 97.8 Å². The fourth-order valence-electron chi connectivity index (χ4n) is 4.17. The third-order valence-electron chi connectivity index (χ3n) is 5.98. The van der Waals surface area contributed by atoms with Gasteiger partial charge in [0.1, 0.15) is 17.2 Å². The summed E-state index contributed by atoms with van der Waals surface area (Å²) in [4.78, 5) is 18.4. The quantitative estimate of drug-likeness (QED) is 0.338. The summed E-state index contributed by atoms with van der Waals surface area (Å²) in [5.74, 6) is 0.768. The van der Waals surface area contributed by atoms with Crippen LogP contribution in [0.2, 0.25) is 0 Å². The Bertz CT molecular complexity index is 1570. The Morgan fingerprint density at radius 1 is 0.800 bits per heavy atom. The minimum atomic E-state index is 0.642. The van der Waals surface area contributed by atoms with Crippen LogP contribution < -0.4 is 0 Å². The molecule has 0 spiro atoms. The molecule has 0 aliphatic heterocycles. The Morgan fingerprint density at radius 3 is 2.51 bits per heavy atom. The predicted octanol–water partition coefficient (Wildman–Crippen LogP) is 5.33. The molecule has 0 atom stereocenters. The van der Waals surface area contributed by atoms with E-state index in [4.69, 9.17) is 15.1 Å². The number of aromatic nitrogens is 7. The highest BCUT2D eigenvalue weighted by Gasteiger charge is 2.15. The summed E-state index contributed by atoms with van der Waals surface area (Å²) >= 11 is 0. The zero-order chi connectivity index (χ0) is 23.6. The summed E-state index contributed by atoms with van der Waals surface area (Å²) in [7, 11) is 0. The molecule has 7 nitrogen and oxygen atoms in total. The lowest BCUT2D eigenvalue weighted by Crippen LogP contribution is -1.98. The molecule has 6 rings (SSSR count). The summed E-state index contributed by atoms with van der Waals surface area (Å²) in [5, 5.41) is 4.75. The van der Waals surface area contributed by atoms with Crippen LogP contribution in [-0.4, -0.2) is 34.1 Å². The third kappa shape index (κ3) is 4.19. The van der Waals surface area contributed by atoms with Crippen molar-refractivity contribution in [3.8, 4) is 33.8 Å². The molecule has 170 valence electrons. The van der Waals surface area contributed by atoms with Crippen molar-refractivity contribution >= 4 is 5.65 Å². The highest BCUT2D eigenvalue weighted by Crippen LogP contribution is 2.29. The number of fused-ring (bicyclic) bond motifs is 1. The summed E-state index contributed by atoms with van der Waals surface area (Å²) < 4.78 is 3.96. The minimum Gasteiger partial charge on any atom is -0.306 e. The standard InChI is InChI=1S/C28H23N7/c1-2-35-18-23(28(33-35)22-6-5-13-29-17-22)24-12-14-30-26(31-24)16-20-8-10-21(11-9-20)25-19-34-15-4-3-7-27(34)32-25/h3-15,17-19H,2,16H2,1H3. The molecule has 0 fully saturated rings. The molecule has 0 amide bonds. The molecule has 6 aromatic rings. The molecule has 0 radical (unpaired) electrons. The Hall–Kier alpha value is -4.65. The van der Waals surface area contributed by atoms with Crippen molar-refractivity contribution in [2.45, 2.75) is 19.9 Å². The van der Waals surface area contributed by atoms with E-state index in [1.54, 1.807) is 6.20 Å². The maximum Gasteiger partial charge on any atom is 0.137 e. The highest BCUT2D eigenvalue weighted by molar-refractivity contribution is 5.78. The lowest BCUT2D eigenvalue weighted by Gasteiger charge is -2.05. The van der Waals surface area contributed by atoms with Crippen LogP contribution in [-0.2, 0) is 13.0 Å². The van der Waals surface area contributed by atoms with Gasteiger partial charge in [0, 0.05) is 66.8 Å². The van der Waals surface area contributed by atoms with Gasteiger partial charge in [0.15, 0.2) is 0 Å². The smallest absolute Gasteiger partial charge is 0.137 e.